The molecular formula is C11H11BrN2. The summed E-state index contributed by atoms with van der Waals surface area (Å²) in [7, 11) is 0. The Morgan fingerprint density at radius 1 is 1.43 bits per heavy atom. The summed E-state index contributed by atoms with van der Waals surface area (Å²) in [6.45, 7) is 2.10. The first kappa shape index (κ1) is 8.48. The minimum atomic E-state index is 0.699. The summed E-state index contributed by atoms with van der Waals surface area (Å²) >= 11 is 3.63. The van der Waals surface area contributed by atoms with Crippen LogP contribution in [0.5, 0.6) is 0 Å². The van der Waals surface area contributed by atoms with Crippen molar-refractivity contribution in [2.24, 2.45) is 0 Å². The van der Waals surface area contributed by atoms with Crippen LogP contribution in [-0.2, 0) is 0 Å². The first-order chi connectivity index (χ1) is 6.75. The van der Waals surface area contributed by atoms with Gasteiger partial charge in [-0.1, -0.05) is 6.07 Å². The summed E-state index contributed by atoms with van der Waals surface area (Å²) in [4.78, 5) is 4.63. The molecule has 0 unspecified atom stereocenters. The fourth-order valence-electron chi connectivity index (χ4n) is 1.76. The van der Waals surface area contributed by atoms with Crippen molar-refractivity contribution in [3.63, 3.8) is 0 Å². The predicted molar refractivity (Wildman–Crippen MR) is 59.6 cm³/mol. The maximum atomic E-state index is 4.63. The van der Waals surface area contributed by atoms with Crippen molar-refractivity contribution in [2.45, 2.75) is 25.7 Å². The van der Waals surface area contributed by atoms with Gasteiger partial charge in [0.05, 0.1) is 5.69 Å². The lowest BCUT2D eigenvalue weighted by molar-refractivity contribution is 1.03. The van der Waals surface area contributed by atoms with Crippen LogP contribution < -0.4 is 0 Å². The summed E-state index contributed by atoms with van der Waals surface area (Å²) in [6, 6.07) is 4.18. The Bertz CT molecular complexity index is 497. The molecule has 1 fully saturated rings. The minimum absolute atomic E-state index is 0.699. The van der Waals surface area contributed by atoms with E-state index in [1.165, 1.54) is 24.1 Å². The van der Waals surface area contributed by atoms with Crippen LogP contribution in [0.2, 0.25) is 0 Å². The Kier molecular flexibility index (Phi) is 1.71. The zero-order valence-electron chi connectivity index (χ0n) is 8.00. The highest BCUT2D eigenvalue weighted by Crippen LogP contribution is 2.42. The van der Waals surface area contributed by atoms with Gasteiger partial charge < -0.3 is 0 Å². The van der Waals surface area contributed by atoms with E-state index in [2.05, 4.69) is 50.6 Å². The molecule has 1 aliphatic rings. The van der Waals surface area contributed by atoms with E-state index in [-0.39, 0.29) is 0 Å². The Morgan fingerprint density at radius 2 is 2.21 bits per heavy atom. The van der Waals surface area contributed by atoms with Gasteiger partial charge in [0, 0.05) is 12.1 Å². The van der Waals surface area contributed by atoms with Gasteiger partial charge in [-0.05, 0) is 47.3 Å². The molecule has 0 amide bonds. The standard InChI is InChI=1S/C11H11BrN2/c1-7-2-5-9-13-10(8-3-4-8)11(12)14(9)6-7/h2,5-6,8H,3-4H2,1H3. The van der Waals surface area contributed by atoms with E-state index in [0.717, 1.165) is 10.3 Å². The first-order valence-electron chi connectivity index (χ1n) is 4.90. The van der Waals surface area contributed by atoms with Gasteiger partial charge in [0.15, 0.2) is 0 Å². The highest BCUT2D eigenvalue weighted by Gasteiger charge is 2.29. The molecule has 0 atom stereocenters. The molecule has 0 bridgehead atoms. The van der Waals surface area contributed by atoms with Crippen LogP contribution >= 0.6 is 15.9 Å². The summed E-state index contributed by atoms with van der Waals surface area (Å²) in [5, 5.41) is 0. The largest absolute Gasteiger partial charge is 0.294 e. The molecule has 0 spiro atoms. The molecule has 2 heterocycles. The molecule has 2 aromatic rings. The summed E-state index contributed by atoms with van der Waals surface area (Å²) in [6.07, 6.45) is 4.71. The van der Waals surface area contributed by atoms with Gasteiger partial charge in [0.2, 0.25) is 0 Å². The molecule has 0 saturated heterocycles. The zero-order valence-corrected chi connectivity index (χ0v) is 9.58. The van der Waals surface area contributed by atoms with Gasteiger partial charge in [-0.3, -0.25) is 4.40 Å². The van der Waals surface area contributed by atoms with E-state index in [9.17, 15) is 0 Å². The van der Waals surface area contributed by atoms with Crippen LogP contribution in [-0.4, -0.2) is 9.38 Å². The highest BCUT2D eigenvalue weighted by atomic mass is 79.9. The molecule has 2 aromatic heterocycles. The van der Waals surface area contributed by atoms with Crippen molar-refractivity contribution in [3.05, 3.63) is 34.2 Å². The van der Waals surface area contributed by atoms with Gasteiger partial charge in [-0.15, -0.1) is 0 Å². The number of nitrogens with zero attached hydrogens (tertiary/aromatic N) is 2. The fraction of sp³-hybridized carbons (Fsp3) is 0.364. The van der Waals surface area contributed by atoms with Crippen LogP contribution in [0.3, 0.4) is 0 Å². The third kappa shape index (κ3) is 1.19. The highest BCUT2D eigenvalue weighted by molar-refractivity contribution is 9.10. The molecule has 3 heteroatoms. The molecule has 0 N–H and O–H groups in total. The Balaban J connectivity index is 2.29. The van der Waals surface area contributed by atoms with Gasteiger partial charge in [0.1, 0.15) is 10.3 Å². The molecule has 0 aromatic carbocycles. The van der Waals surface area contributed by atoms with Gasteiger partial charge in [-0.2, -0.15) is 0 Å². The van der Waals surface area contributed by atoms with E-state index in [4.69, 9.17) is 0 Å². The smallest absolute Gasteiger partial charge is 0.137 e. The Hall–Kier alpha value is -0.830. The van der Waals surface area contributed by atoms with Crippen LogP contribution in [0.15, 0.2) is 22.9 Å². The van der Waals surface area contributed by atoms with Crippen LogP contribution in [0, 0.1) is 6.92 Å². The van der Waals surface area contributed by atoms with Crippen LogP contribution in [0.1, 0.15) is 30.0 Å². The lowest BCUT2D eigenvalue weighted by atomic mass is 10.3. The first-order valence-corrected chi connectivity index (χ1v) is 5.69. The van der Waals surface area contributed by atoms with Crippen molar-refractivity contribution in [2.75, 3.05) is 0 Å². The number of aryl methyl sites for hydroxylation is 1. The van der Waals surface area contributed by atoms with E-state index < -0.39 is 0 Å². The van der Waals surface area contributed by atoms with Gasteiger partial charge in [-0.25, -0.2) is 4.98 Å². The molecule has 2 nitrogen and oxygen atoms in total. The number of imidazole rings is 1. The summed E-state index contributed by atoms with van der Waals surface area (Å²) < 4.78 is 3.27. The number of aromatic nitrogens is 2. The number of hydrogen-bond acceptors (Lipinski definition) is 1. The maximum absolute atomic E-state index is 4.63. The van der Waals surface area contributed by atoms with E-state index in [0.29, 0.717) is 5.92 Å². The maximum Gasteiger partial charge on any atom is 0.137 e. The minimum Gasteiger partial charge on any atom is -0.294 e. The van der Waals surface area contributed by atoms with Crippen molar-refractivity contribution in [1.29, 1.82) is 0 Å². The molecule has 3 rings (SSSR count). The van der Waals surface area contributed by atoms with E-state index in [1.54, 1.807) is 0 Å². The molecular weight excluding hydrogens is 240 g/mol. The van der Waals surface area contributed by atoms with E-state index in [1.807, 2.05) is 0 Å². The van der Waals surface area contributed by atoms with Crippen molar-refractivity contribution in [3.8, 4) is 0 Å². The third-order valence-electron chi connectivity index (χ3n) is 2.70. The molecule has 0 aliphatic heterocycles. The van der Waals surface area contributed by atoms with Gasteiger partial charge >= 0.3 is 0 Å². The lowest BCUT2D eigenvalue weighted by Gasteiger charge is -1.96. The van der Waals surface area contributed by atoms with Crippen molar-refractivity contribution < 1.29 is 0 Å². The number of pyridine rings is 1. The second kappa shape index (κ2) is 2.83. The topological polar surface area (TPSA) is 17.3 Å². The van der Waals surface area contributed by atoms with Gasteiger partial charge in [0.25, 0.3) is 0 Å². The molecule has 14 heavy (non-hydrogen) atoms. The van der Waals surface area contributed by atoms with Crippen LogP contribution in [0.25, 0.3) is 5.65 Å². The number of rotatable bonds is 1. The number of fused-ring (bicyclic) bond motifs is 1. The third-order valence-corrected chi connectivity index (χ3v) is 3.49. The van der Waals surface area contributed by atoms with Crippen LogP contribution in [0.4, 0.5) is 0 Å². The summed E-state index contributed by atoms with van der Waals surface area (Å²) in [5.74, 6) is 0.699. The van der Waals surface area contributed by atoms with Crippen molar-refractivity contribution in [1.82, 2.24) is 9.38 Å². The molecule has 0 radical (unpaired) electrons. The monoisotopic (exact) mass is 250 g/mol. The quantitative estimate of drug-likeness (QED) is 0.760. The molecule has 1 saturated carbocycles. The number of halogens is 1. The SMILES string of the molecule is Cc1ccc2nc(C3CC3)c(Br)n2c1. The second-order valence-electron chi connectivity index (χ2n) is 4.00. The van der Waals surface area contributed by atoms with E-state index >= 15 is 0 Å². The Morgan fingerprint density at radius 3 is 2.93 bits per heavy atom. The number of hydrogen-bond donors (Lipinski definition) is 0. The predicted octanol–water partition coefficient (Wildman–Crippen LogP) is 3.28. The zero-order chi connectivity index (χ0) is 9.71. The Labute approximate surface area is 91.1 Å². The fourth-order valence-corrected chi connectivity index (χ4v) is 2.45. The normalized spacial score (nSPS) is 16.4. The molecule has 72 valence electrons. The second-order valence-corrected chi connectivity index (χ2v) is 4.75. The lowest BCUT2D eigenvalue weighted by Crippen LogP contribution is -1.85. The summed E-state index contributed by atoms with van der Waals surface area (Å²) in [5.41, 5.74) is 3.54. The average molecular weight is 251 g/mol. The average Bonchev–Trinajstić information content (AvgIpc) is 2.95. The van der Waals surface area contributed by atoms with Crippen molar-refractivity contribution >= 4 is 21.6 Å². The molecule has 1 aliphatic carbocycles.